The van der Waals surface area contributed by atoms with Crippen LogP contribution in [0.4, 0.5) is 5.95 Å². The minimum absolute atomic E-state index is 0.417. The predicted octanol–water partition coefficient (Wildman–Crippen LogP) is 1.84. The van der Waals surface area contributed by atoms with Gasteiger partial charge in [0.25, 0.3) is 0 Å². The van der Waals surface area contributed by atoms with Crippen LogP contribution in [-0.2, 0) is 0 Å². The molecule has 3 rings (SSSR count). The maximum atomic E-state index is 5.60. The Bertz CT molecular complexity index is 624. The Morgan fingerprint density at radius 3 is 2.82 bits per heavy atom. The standard InChI is InChI=1S/C12H11N5/c13-12-15-7-10(16-12)9-3-1-2-4-11(9)17-6-5-14-8-17/h1-8H,(H3,13,15,16). The van der Waals surface area contributed by atoms with Gasteiger partial charge in [0.2, 0.25) is 0 Å². The summed E-state index contributed by atoms with van der Waals surface area (Å²) in [7, 11) is 0. The third-order valence-corrected chi connectivity index (χ3v) is 2.57. The summed E-state index contributed by atoms with van der Waals surface area (Å²) in [5, 5.41) is 0. The van der Waals surface area contributed by atoms with Gasteiger partial charge in [-0.3, -0.25) is 0 Å². The van der Waals surface area contributed by atoms with Crippen molar-refractivity contribution < 1.29 is 0 Å². The lowest BCUT2D eigenvalue weighted by Gasteiger charge is -2.07. The average molecular weight is 225 g/mol. The smallest absolute Gasteiger partial charge is 0.197 e. The highest BCUT2D eigenvalue weighted by Gasteiger charge is 2.07. The number of benzene rings is 1. The molecule has 0 radical (unpaired) electrons. The van der Waals surface area contributed by atoms with Crippen molar-refractivity contribution in [2.45, 2.75) is 0 Å². The Morgan fingerprint density at radius 1 is 1.24 bits per heavy atom. The van der Waals surface area contributed by atoms with Crippen molar-refractivity contribution in [3.63, 3.8) is 0 Å². The Balaban J connectivity index is 2.17. The zero-order valence-electron chi connectivity index (χ0n) is 9.04. The average Bonchev–Trinajstić information content (AvgIpc) is 3.00. The summed E-state index contributed by atoms with van der Waals surface area (Å²) in [6.45, 7) is 0. The Kier molecular flexibility index (Phi) is 2.15. The number of hydrogen-bond acceptors (Lipinski definition) is 3. The summed E-state index contributed by atoms with van der Waals surface area (Å²) < 4.78 is 1.95. The topological polar surface area (TPSA) is 72.5 Å². The number of para-hydroxylation sites is 1. The lowest BCUT2D eigenvalue weighted by Crippen LogP contribution is -1.94. The van der Waals surface area contributed by atoms with E-state index in [4.69, 9.17) is 5.73 Å². The number of aromatic amines is 1. The molecule has 1 aromatic carbocycles. The molecule has 0 amide bonds. The van der Waals surface area contributed by atoms with Crippen molar-refractivity contribution in [1.82, 2.24) is 19.5 Å². The maximum absolute atomic E-state index is 5.60. The number of nitrogens with zero attached hydrogens (tertiary/aromatic N) is 3. The van der Waals surface area contributed by atoms with Crippen molar-refractivity contribution in [3.8, 4) is 16.9 Å². The number of imidazole rings is 2. The number of nitrogens with one attached hydrogen (secondary N) is 1. The SMILES string of the molecule is Nc1ncc(-c2ccccc2-n2ccnc2)[nH]1. The molecule has 0 fully saturated rings. The zero-order chi connectivity index (χ0) is 11.7. The molecule has 0 bridgehead atoms. The molecule has 0 atom stereocenters. The Morgan fingerprint density at radius 2 is 2.12 bits per heavy atom. The lowest BCUT2D eigenvalue weighted by atomic mass is 10.1. The predicted molar refractivity (Wildman–Crippen MR) is 65.6 cm³/mol. The van der Waals surface area contributed by atoms with Crippen molar-refractivity contribution in [2.24, 2.45) is 0 Å². The number of hydrogen-bond donors (Lipinski definition) is 2. The molecule has 0 unspecified atom stereocenters. The van der Waals surface area contributed by atoms with E-state index < -0.39 is 0 Å². The van der Waals surface area contributed by atoms with Gasteiger partial charge in [-0.15, -0.1) is 0 Å². The van der Waals surface area contributed by atoms with Crippen molar-refractivity contribution in [2.75, 3.05) is 5.73 Å². The van der Waals surface area contributed by atoms with E-state index in [0.29, 0.717) is 5.95 Å². The first-order valence-corrected chi connectivity index (χ1v) is 5.23. The van der Waals surface area contributed by atoms with Gasteiger partial charge in [-0.2, -0.15) is 0 Å². The second-order valence-electron chi connectivity index (χ2n) is 3.67. The molecule has 0 saturated carbocycles. The molecule has 5 nitrogen and oxygen atoms in total. The molecule has 2 heterocycles. The largest absolute Gasteiger partial charge is 0.369 e. The number of H-pyrrole nitrogens is 1. The molecule has 0 saturated heterocycles. The van der Waals surface area contributed by atoms with E-state index >= 15 is 0 Å². The molecule has 0 aliphatic carbocycles. The molecule has 0 aliphatic heterocycles. The van der Waals surface area contributed by atoms with Gasteiger partial charge in [-0.25, -0.2) is 9.97 Å². The van der Waals surface area contributed by atoms with Crippen LogP contribution in [0.5, 0.6) is 0 Å². The van der Waals surface area contributed by atoms with E-state index in [9.17, 15) is 0 Å². The molecule has 3 N–H and O–H groups in total. The normalized spacial score (nSPS) is 10.6. The molecule has 5 heteroatoms. The van der Waals surface area contributed by atoms with Crippen LogP contribution in [0.25, 0.3) is 16.9 Å². The maximum Gasteiger partial charge on any atom is 0.197 e. The highest BCUT2D eigenvalue weighted by Crippen LogP contribution is 2.25. The van der Waals surface area contributed by atoms with Gasteiger partial charge in [-0.1, -0.05) is 18.2 Å². The van der Waals surface area contributed by atoms with Gasteiger partial charge >= 0.3 is 0 Å². The number of nitrogens with two attached hydrogens (primary N) is 1. The summed E-state index contributed by atoms with van der Waals surface area (Å²) in [6.07, 6.45) is 7.14. The quantitative estimate of drug-likeness (QED) is 0.699. The van der Waals surface area contributed by atoms with Crippen molar-refractivity contribution >= 4 is 5.95 Å². The fraction of sp³-hybridized carbons (Fsp3) is 0. The van der Waals surface area contributed by atoms with Gasteiger partial charge in [0.15, 0.2) is 5.95 Å². The lowest BCUT2D eigenvalue weighted by molar-refractivity contribution is 1.06. The Labute approximate surface area is 98.0 Å². The van der Waals surface area contributed by atoms with Crippen LogP contribution >= 0.6 is 0 Å². The van der Waals surface area contributed by atoms with Crippen molar-refractivity contribution in [3.05, 3.63) is 49.2 Å². The zero-order valence-corrected chi connectivity index (χ0v) is 9.04. The highest BCUT2D eigenvalue weighted by atomic mass is 15.0. The number of anilines is 1. The van der Waals surface area contributed by atoms with Gasteiger partial charge < -0.3 is 15.3 Å². The second kappa shape index (κ2) is 3.79. The van der Waals surface area contributed by atoms with E-state index in [1.807, 2.05) is 35.0 Å². The molecule has 3 aromatic rings. The molecular formula is C12H11N5. The first kappa shape index (κ1) is 9.65. The minimum Gasteiger partial charge on any atom is -0.369 e. The van der Waals surface area contributed by atoms with Crippen LogP contribution in [0.3, 0.4) is 0 Å². The fourth-order valence-corrected chi connectivity index (χ4v) is 1.80. The molecule has 0 spiro atoms. The molecular weight excluding hydrogens is 214 g/mol. The third-order valence-electron chi connectivity index (χ3n) is 2.57. The van der Waals surface area contributed by atoms with Crippen LogP contribution in [0.1, 0.15) is 0 Å². The Hall–Kier alpha value is -2.56. The fourth-order valence-electron chi connectivity index (χ4n) is 1.80. The van der Waals surface area contributed by atoms with Crippen LogP contribution in [0, 0.1) is 0 Å². The number of rotatable bonds is 2. The van der Waals surface area contributed by atoms with E-state index in [1.54, 1.807) is 18.7 Å². The first-order chi connectivity index (χ1) is 8.34. The van der Waals surface area contributed by atoms with Gasteiger partial charge in [0.1, 0.15) is 0 Å². The third kappa shape index (κ3) is 1.67. The molecule has 17 heavy (non-hydrogen) atoms. The number of aromatic nitrogens is 4. The molecule has 2 aromatic heterocycles. The minimum atomic E-state index is 0.417. The summed E-state index contributed by atoms with van der Waals surface area (Å²) in [5.74, 6) is 0.417. The van der Waals surface area contributed by atoms with E-state index in [0.717, 1.165) is 16.9 Å². The second-order valence-corrected chi connectivity index (χ2v) is 3.67. The molecule has 0 aliphatic rings. The summed E-state index contributed by atoms with van der Waals surface area (Å²) in [5.41, 5.74) is 8.57. The van der Waals surface area contributed by atoms with Gasteiger partial charge in [0, 0.05) is 18.0 Å². The van der Waals surface area contributed by atoms with Gasteiger partial charge in [-0.05, 0) is 6.07 Å². The van der Waals surface area contributed by atoms with Crippen LogP contribution in [-0.4, -0.2) is 19.5 Å². The van der Waals surface area contributed by atoms with Gasteiger partial charge in [0.05, 0.1) is 23.9 Å². The van der Waals surface area contributed by atoms with Crippen LogP contribution in [0.2, 0.25) is 0 Å². The highest BCUT2D eigenvalue weighted by molar-refractivity contribution is 5.70. The summed E-state index contributed by atoms with van der Waals surface area (Å²) in [4.78, 5) is 11.1. The van der Waals surface area contributed by atoms with E-state index in [1.165, 1.54) is 0 Å². The summed E-state index contributed by atoms with van der Waals surface area (Å²) in [6, 6.07) is 8.00. The molecule has 84 valence electrons. The van der Waals surface area contributed by atoms with E-state index in [-0.39, 0.29) is 0 Å². The van der Waals surface area contributed by atoms with Crippen LogP contribution in [0.15, 0.2) is 49.2 Å². The summed E-state index contributed by atoms with van der Waals surface area (Å²) >= 11 is 0. The van der Waals surface area contributed by atoms with Crippen LogP contribution < -0.4 is 5.73 Å². The first-order valence-electron chi connectivity index (χ1n) is 5.23. The monoisotopic (exact) mass is 225 g/mol. The van der Waals surface area contributed by atoms with E-state index in [2.05, 4.69) is 15.0 Å². The van der Waals surface area contributed by atoms with Crippen molar-refractivity contribution in [1.29, 1.82) is 0 Å². The number of nitrogen functional groups attached to an aromatic ring is 1.